The molecular formula is C18H27N3O4. The summed E-state index contributed by atoms with van der Waals surface area (Å²) in [5.74, 6) is 0.451. The number of hydrogen-bond acceptors (Lipinski definition) is 5. The van der Waals surface area contributed by atoms with Crippen LogP contribution >= 0.6 is 0 Å². The quantitative estimate of drug-likeness (QED) is 0.845. The summed E-state index contributed by atoms with van der Waals surface area (Å²) in [5.41, 5.74) is 5.74. The summed E-state index contributed by atoms with van der Waals surface area (Å²) in [6.07, 6.45) is -0.344. The number of carbonyl (C=O) groups is 2. The van der Waals surface area contributed by atoms with E-state index in [-0.39, 0.29) is 24.6 Å². The Morgan fingerprint density at radius 3 is 2.60 bits per heavy atom. The van der Waals surface area contributed by atoms with Crippen molar-refractivity contribution in [1.82, 2.24) is 9.80 Å². The van der Waals surface area contributed by atoms with Gasteiger partial charge in [-0.1, -0.05) is 6.07 Å². The molecule has 1 aliphatic rings. The van der Waals surface area contributed by atoms with Crippen LogP contribution in [0.2, 0.25) is 0 Å². The van der Waals surface area contributed by atoms with Crippen molar-refractivity contribution in [2.75, 3.05) is 32.0 Å². The summed E-state index contributed by atoms with van der Waals surface area (Å²) in [6.45, 7) is 8.72. The molecule has 0 saturated carbocycles. The molecule has 2 amide bonds. The number of benzene rings is 1. The number of rotatable bonds is 3. The SMILES string of the molecule is CC1CN(C(=O)COc2cccc(N)c2)CCN1C(=O)OC(C)(C)C. The van der Waals surface area contributed by atoms with Crippen molar-refractivity contribution in [3.8, 4) is 5.75 Å². The third-order valence-corrected chi connectivity index (χ3v) is 3.83. The van der Waals surface area contributed by atoms with Gasteiger partial charge in [0, 0.05) is 37.4 Å². The summed E-state index contributed by atoms with van der Waals surface area (Å²) < 4.78 is 10.9. The molecule has 1 heterocycles. The van der Waals surface area contributed by atoms with Crippen LogP contribution in [-0.4, -0.2) is 59.7 Å². The van der Waals surface area contributed by atoms with E-state index >= 15 is 0 Å². The predicted octanol–water partition coefficient (Wildman–Crippen LogP) is 2.12. The minimum absolute atomic E-state index is 0.0530. The highest BCUT2D eigenvalue weighted by atomic mass is 16.6. The van der Waals surface area contributed by atoms with Crippen molar-refractivity contribution < 1.29 is 19.1 Å². The van der Waals surface area contributed by atoms with Crippen LogP contribution in [0.4, 0.5) is 10.5 Å². The topological polar surface area (TPSA) is 85.1 Å². The second kappa shape index (κ2) is 7.63. The largest absolute Gasteiger partial charge is 0.484 e. The standard InChI is InChI=1S/C18H27N3O4/c1-13-11-20(8-9-21(13)17(23)25-18(2,3)4)16(22)12-24-15-7-5-6-14(19)10-15/h5-7,10,13H,8-9,11-12,19H2,1-4H3. The highest BCUT2D eigenvalue weighted by Crippen LogP contribution is 2.17. The second-order valence-electron chi connectivity index (χ2n) is 7.22. The first kappa shape index (κ1) is 18.9. The van der Waals surface area contributed by atoms with Crippen molar-refractivity contribution >= 4 is 17.7 Å². The average Bonchev–Trinajstić information content (AvgIpc) is 2.50. The summed E-state index contributed by atoms with van der Waals surface area (Å²) in [5, 5.41) is 0. The maximum absolute atomic E-state index is 12.3. The lowest BCUT2D eigenvalue weighted by Gasteiger charge is -2.40. The van der Waals surface area contributed by atoms with Crippen LogP contribution in [0.5, 0.6) is 5.75 Å². The van der Waals surface area contributed by atoms with Crippen LogP contribution in [0.15, 0.2) is 24.3 Å². The van der Waals surface area contributed by atoms with Gasteiger partial charge in [0.2, 0.25) is 0 Å². The Balaban J connectivity index is 1.85. The normalized spacial score (nSPS) is 18.0. The Morgan fingerprint density at radius 2 is 2.00 bits per heavy atom. The van der Waals surface area contributed by atoms with E-state index in [1.807, 2.05) is 27.7 Å². The molecule has 0 aliphatic carbocycles. The summed E-state index contributed by atoms with van der Waals surface area (Å²) in [4.78, 5) is 27.9. The molecule has 1 fully saturated rings. The zero-order chi connectivity index (χ0) is 18.6. The molecule has 2 N–H and O–H groups in total. The molecule has 0 spiro atoms. The maximum atomic E-state index is 12.3. The van der Waals surface area contributed by atoms with Gasteiger partial charge in [-0.15, -0.1) is 0 Å². The minimum atomic E-state index is -0.533. The molecule has 7 nitrogen and oxygen atoms in total. The van der Waals surface area contributed by atoms with Gasteiger partial charge in [-0.2, -0.15) is 0 Å². The molecule has 1 saturated heterocycles. The minimum Gasteiger partial charge on any atom is -0.484 e. The zero-order valence-corrected chi connectivity index (χ0v) is 15.3. The van der Waals surface area contributed by atoms with Crippen molar-refractivity contribution in [2.24, 2.45) is 0 Å². The zero-order valence-electron chi connectivity index (χ0n) is 15.3. The number of nitrogen functional groups attached to an aromatic ring is 1. The lowest BCUT2D eigenvalue weighted by atomic mass is 10.2. The molecule has 1 unspecified atom stereocenters. The summed E-state index contributed by atoms with van der Waals surface area (Å²) in [7, 11) is 0. The van der Waals surface area contributed by atoms with E-state index in [0.717, 1.165) is 0 Å². The Labute approximate surface area is 148 Å². The first-order valence-corrected chi connectivity index (χ1v) is 8.41. The highest BCUT2D eigenvalue weighted by molar-refractivity contribution is 5.78. The fourth-order valence-corrected chi connectivity index (χ4v) is 2.62. The van der Waals surface area contributed by atoms with Crippen LogP contribution in [0.3, 0.4) is 0 Å². The van der Waals surface area contributed by atoms with Crippen LogP contribution in [0.25, 0.3) is 0 Å². The molecule has 1 aromatic rings. The van der Waals surface area contributed by atoms with Gasteiger partial charge in [-0.3, -0.25) is 4.79 Å². The number of nitrogens with zero attached hydrogens (tertiary/aromatic N) is 2. The van der Waals surface area contributed by atoms with Gasteiger partial charge in [0.05, 0.1) is 0 Å². The Bertz CT molecular complexity index is 627. The Morgan fingerprint density at radius 1 is 1.28 bits per heavy atom. The molecule has 0 bridgehead atoms. The van der Waals surface area contributed by atoms with E-state index in [4.69, 9.17) is 15.2 Å². The van der Waals surface area contributed by atoms with E-state index in [0.29, 0.717) is 31.1 Å². The summed E-state index contributed by atoms with van der Waals surface area (Å²) in [6, 6.07) is 6.85. The first-order chi connectivity index (χ1) is 11.7. The first-order valence-electron chi connectivity index (χ1n) is 8.41. The number of carbonyl (C=O) groups excluding carboxylic acids is 2. The van der Waals surface area contributed by atoms with E-state index in [1.165, 1.54) is 0 Å². The molecule has 1 atom stereocenters. The number of anilines is 1. The van der Waals surface area contributed by atoms with Crippen molar-refractivity contribution in [1.29, 1.82) is 0 Å². The van der Waals surface area contributed by atoms with Gasteiger partial charge in [-0.05, 0) is 39.8 Å². The predicted molar refractivity (Wildman–Crippen MR) is 95.3 cm³/mol. The van der Waals surface area contributed by atoms with Crippen molar-refractivity contribution in [3.05, 3.63) is 24.3 Å². The summed E-state index contributed by atoms with van der Waals surface area (Å²) >= 11 is 0. The molecule has 0 aromatic heterocycles. The van der Waals surface area contributed by atoms with Gasteiger partial charge >= 0.3 is 6.09 Å². The van der Waals surface area contributed by atoms with Crippen LogP contribution in [0.1, 0.15) is 27.7 Å². The van der Waals surface area contributed by atoms with Gasteiger partial charge < -0.3 is 25.0 Å². The van der Waals surface area contributed by atoms with Gasteiger partial charge in [0.25, 0.3) is 5.91 Å². The highest BCUT2D eigenvalue weighted by Gasteiger charge is 2.32. The fraction of sp³-hybridized carbons (Fsp3) is 0.556. The molecule has 1 aliphatic heterocycles. The van der Waals surface area contributed by atoms with Crippen LogP contribution in [0, 0.1) is 0 Å². The average molecular weight is 349 g/mol. The van der Waals surface area contributed by atoms with E-state index in [9.17, 15) is 9.59 Å². The smallest absolute Gasteiger partial charge is 0.410 e. The Hall–Kier alpha value is -2.44. The molecule has 2 rings (SSSR count). The van der Waals surface area contributed by atoms with Gasteiger partial charge in [0.1, 0.15) is 11.4 Å². The van der Waals surface area contributed by atoms with Crippen LogP contribution < -0.4 is 10.5 Å². The number of ether oxygens (including phenoxy) is 2. The maximum Gasteiger partial charge on any atom is 0.410 e. The van der Waals surface area contributed by atoms with Crippen molar-refractivity contribution in [3.63, 3.8) is 0 Å². The van der Waals surface area contributed by atoms with Crippen LogP contribution in [-0.2, 0) is 9.53 Å². The number of amides is 2. The van der Waals surface area contributed by atoms with Gasteiger partial charge in [0.15, 0.2) is 6.61 Å². The molecule has 0 radical (unpaired) electrons. The lowest BCUT2D eigenvalue weighted by Crippen LogP contribution is -2.56. The third kappa shape index (κ3) is 5.55. The number of piperazine rings is 1. The van der Waals surface area contributed by atoms with Crippen molar-refractivity contribution in [2.45, 2.75) is 39.3 Å². The fourth-order valence-electron chi connectivity index (χ4n) is 2.62. The Kier molecular flexibility index (Phi) is 5.77. The number of hydrogen-bond donors (Lipinski definition) is 1. The molecule has 138 valence electrons. The number of nitrogens with two attached hydrogens (primary N) is 1. The lowest BCUT2D eigenvalue weighted by molar-refractivity contribution is -0.136. The molecule has 7 heteroatoms. The monoisotopic (exact) mass is 349 g/mol. The molecule has 1 aromatic carbocycles. The molecule has 25 heavy (non-hydrogen) atoms. The third-order valence-electron chi connectivity index (χ3n) is 3.83. The van der Waals surface area contributed by atoms with Gasteiger partial charge in [-0.25, -0.2) is 4.79 Å². The second-order valence-corrected chi connectivity index (χ2v) is 7.22. The van der Waals surface area contributed by atoms with E-state index < -0.39 is 5.60 Å². The molecular weight excluding hydrogens is 322 g/mol. The van der Waals surface area contributed by atoms with E-state index in [1.54, 1.807) is 34.1 Å². The van der Waals surface area contributed by atoms with E-state index in [2.05, 4.69) is 0 Å².